The quantitative estimate of drug-likeness (QED) is 0.447. The molecule has 0 saturated heterocycles. The van der Waals surface area contributed by atoms with E-state index in [1.165, 1.54) is 0 Å². The fraction of sp³-hybridized carbons (Fsp3) is 0.571. The zero-order valence-corrected chi connectivity index (χ0v) is 6.16. The summed E-state index contributed by atoms with van der Waals surface area (Å²) in [6, 6.07) is 0. The zero-order chi connectivity index (χ0) is 7.98. The number of hydrogen-bond donors (Lipinski definition) is 0. The van der Waals surface area contributed by atoms with Crippen LogP contribution in [0.5, 0.6) is 0 Å². The lowest BCUT2D eigenvalue weighted by molar-refractivity contribution is 0.0529. The molecule has 0 aliphatic carbocycles. The molecular formula is C7H11O3. The number of carbonyl (C=O) groups is 1. The van der Waals surface area contributed by atoms with Crippen molar-refractivity contribution in [3.63, 3.8) is 0 Å². The molecule has 0 aromatic carbocycles. The summed E-state index contributed by atoms with van der Waals surface area (Å²) in [4.78, 5) is 9.81. The second-order valence-corrected chi connectivity index (χ2v) is 1.91. The molecule has 0 aliphatic rings. The Bertz CT molecular complexity index is 129. The Hall–Kier alpha value is -0.990. The van der Waals surface area contributed by atoms with E-state index in [2.05, 4.69) is 4.74 Å². The first-order valence-electron chi connectivity index (χ1n) is 3.21. The second kappa shape index (κ2) is 4.85. The highest BCUT2D eigenvalue weighted by atomic mass is 16.7. The standard InChI is InChI=1S/C7H11O3/c1-3-4-5-6(2)10-7(8)9/h4-6H,3H2,1-2H3. The van der Waals surface area contributed by atoms with E-state index in [9.17, 15) is 9.90 Å². The van der Waals surface area contributed by atoms with Crippen LogP contribution in [-0.2, 0) is 9.84 Å². The van der Waals surface area contributed by atoms with Gasteiger partial charge in [0.25, 0.3) is 0 Å². The summed E-state index contributed by atoms with van der Waals surface area (Å²) in [7, 11) is 0. The molecule has 57 valence electrons. The molecule has 0 N–H and O–H groups in total. The van der Waals surface area contributed by atoms with Gasteiger partial charge >= 0.3 is 6.16 Å². The van der Waals surface area contributed by atoms with Gasteiger partial charge < -0.3 is 4.74 Å². The lowest BCUT2D eigenvalue weighted by Gasteiger charge is -2.01. The van der Waals surface area contributed by atoms with Crippen LogP contribution < -0.4 is 0 Å². The summed E-state index contributed by atoms with van der Waals surface area (Å²) < 4.78 is 4.27. The molecule has 0 bridgehead atoms. The number of rotatable bonds is 3. The van der Waals surface area contributed by atoms with Crippen LogP contribution in [0, 0.1) is 0 Å². The number of allylic oxidation sites excluding steroid dienone is 1. The van der Waals surface area contributed by atoms with Crippen molar-refractivity contribution in [2.24, 2.45) is 0 Å². The van der Waals surface area contributed by atoms with Gasteiger partial charge in [0.05, 0.1) is 0 Å². The molecule has 1 radical (unpaired) electrons. The SMILES string of the molecule is CCC=CC(C)OC([O])=O. The first-order chi connectivity index (χ1) is 4.66. The van der Waals surface area contributed by atoms with E-state index in [0.717, 1.165) is 6.42 Å². The van der Waals surface area contributed by atoms with E-state index in [1.807, 2.05) is 13.0 Å². The topological polar surface area (TPSA) is 46.2 Å². The molecule has 0 aliphatic heterocycles. The molecule has 3 nitrogen and oxygen atoms in total. The van der Waals surface area contributed by atoms with Crippen LogP contribution in [0.25, 0.3) is 0 Å². The summed E-state index contributed by atoms with van der Waals surface area (Å²) in [6.45, 7) is 3.60. The molecule has 0 aromatic rings. The molecule has 0 spiro atoms. The lowest BCUT2D eigenvalue weighted by atomic mass is 10.3. The van der Waals surface area contributed by atoms with Crippen LogP contribution in [0.15, 0.2) is 12.2 Å². The predicted molar refractivity (Wildman–Crippen MR) is 36.1 cm³/mol. The molecule has 0 aromatic heterocycles. The highest BCUT2D eigenvalue weighted by Crippen LogP contribution is 1.94. The van der Waals surface area contributed by atoms with Crippen molar-refractivity contribution >= 4 is 6.16 Å². The molecule has 0 amide bonds. The minimum Gasteiger partial charge on any atom is -0.425 e. The first-order valence-corrected chi connectivity index (χ1v) is 3.21. The van der Waals surface area contributed by atoms with E-state index in [4.69, 9.17) is 0 Å². The fourth-order valence-electron chi connectivity index (χ4n) is 0.519. The molecular weight excluding hydrogens is 132 g/mol. The Morgan fingerprint density at radius 3 is 2.70 bits per heavy atom. The number of hydrogen-bond acceptors (Lipinski definition) is 2. The van der Waals surface area contributed by atoms with Crippen molar-refractivity contribution in [2.75, 3.05) is 0 Å². The van der Waals surface area contributed by atoms with Gasteiger partial charge in [0, 0.05) is 0 Å². The Kier molecular flexibility index (Phi) is 4.37. The van der Waals surface area contributed by atoms with E-state index in [0.29, 0.717) is 0 Å². The minimum absolute atomic E-state index is 0.398. The maximum atomic E-state index is 9.81. The highest BCUT2D eigenvalue weighted by Gasteiger charge is 2.03. The molecule has 0 fully saturated rings. The van der Waals surface area contributed by atoms with Crippen LogP contribution >= 0.6 is 0 Å². The smallest absolute Gasteiger partial charge is 0.425 e. The number of ether oxygens (including phenoxy) is 1. The normalized spacial score (nSPS) is 13.4. The maximum Gasteiger partial charge on any atom is 0.550 e. The zero-order valence-electron chi connectivity index (χ0n) is 6.16. The van der Waals surface area contributed by atoms with Crippen molar-refractivity contribution in [2.45, 2.75) is 26.4 Å². The van der Waals surface area contributed by atoms with Crippen molar-refractivity contribution < 1.29 is 14.6 Å². The monoisotopic (exact) mass is 143 g/mol. The van der Waals surface area contributed by atoms with Gasteiger partial charge in [-0.15, -0.1) is 0 Å². The summed E-state index contributed by atoms with van der Waals surface area (Å²) in [5.41, 5.74) is 0. The van der Waals surface area contributed by atoms with Crippen molar-refractivity contribution in [1.82, 2.24) is 0 Å². The maximum absolute atomic E-state index is 9.81. The van der Waals surface area contributed by atoms with Gasteiger partial charge in [-0.25, -0.2) is 0 Å². The van der Waals surface area contributed by atoms with E-state index < -0.39 is 12.3 Å². The third-order valence-electron chi connectivity index (χ3n) is 0.925. The summed E-state index contributed by atoms with van der Waals surface area (Å²) in [6.07, 6.45) is 2.52. The van der Waals surface area contributed by atoms with Crippen molar-refractivity contribution in [1.29, 1.82) is 0 Å². The highest BCUT2D eigenvalue weighted by molar-refractivity contribution is 5.56. The average molecular weight is 143 g/mol. The van der Waals surface area contributed by atoms with Gasteiger partial charge in [-0.3, -0.25) is 0 Å². The Morgan fingerprint density at radius 2 is 2.30 bits per heavy atom. The molecule has 0 heterocycles. The average Bonchev–Trinajstić information content (AvgIpc) is 1.82. The third-order valence-corrected chi connectivity index (χ3v) is 0.925. The van der Waals surface area contributed by atoms with Crippen LogP contribution in [0.4, 0.5) is 4.79 Å². The number of carbonyl (C=O) groups excluding carboxylic acids is 1. The predicted octanol–water partition coefficient (Wildman–Crippen LogP) is 1.91. The van der Waals surface area contributed by atoms with Crippen LogP contribution in [0.1, 0.15) is 20.3 Å². The van der Waals surface area contributed by atoms with Gasteiger partial charge in [-0.05, 0) is 19.4 Å². The summed E-state index contributed by atoms with van der Waals surface area (Å²) >= 11 is 0. The fourth-order valence-corrected chi connectivity index (χ4v) is 0.519. The molecule has 0 saturated carbocycles. The van der Waals surface area contributed by atoms with Gasteiger partial charge in [0.2, 0.25) is 0 Å². The van der Waals surface area contributed by atoms with Crippen LogP contribution in [0.2, 0.25) is 0 Å². The van der Waals surface area contributed by atoms with Crippen LogP contribution in [0.3, 0.4) is 0 Å². The molecule has 1 unspecified atom stereocenters. The summed E-state index contributed by atoms with van der Waals surface area (Å²) in [5, 5.41) is 9.81. The Balaban J connectivity index is 3.52. The van der Waals surface area contributed by atoms with Gasteiger partial charge in [-0.2, -0.15) is 9.90 Å². The molecule has 1 atom stereocenters. The Morgan fingerprint density at radius 1 is 1.70 bits per heavy atom. The largest absolute Gasteiger partial charge is 0.550 e. The molecule has 10 heavy (non-hydrogen) atoms. The Labute approximate surface area is 60.3 Å². The second-order valence-electron chi connectivity index (χ2n) is 1.91. The van der Waals surface area contributed by atoms with E-state index in [-0.39, 0.29) is 0 Å². The first kappa shape index (κ1) is 9.01. The van der Waals surface area contributed by atoms with Crippen molar-refractivity contribution in [3.05, 3.63) is 12.2 Å². The van der Waals surface area contributed by atoms with Gasteiger partial charge in [0.1, 0.15) is 6.10 Å². The minimum atomic E-state index is -1.48. The molecule has 3 heteroatoms. The summed E-state index contributed by atoms with van der Waals surface area (Å²) in [5.74, 6) is 0. The van der Waals surface area contributed by atoms with Gasteiger partial charge in [-0.1, -0.05) is 13.0 Å². The van der Waals surface area contributed by atoms with E-state index >= 15 is 0 Å². The van der Waals surface area contributed by atoms with Crippen molar-refractivity contribution in [3.8, 4) is 0 Å². The van der Waals surface area contributed by atoms with Gasteiger partial charge in [0.15, 0.2) is 0 Å². The van der Waals surface area contributed by atoms with E-state index in [1.54, 1.807) is 13.0 Å². The lowest BCUT2D eigenvalue weighted by Crippen LogP contribution is -2.08. The van der Waals surface area contributed by atoms with Crippen LogP contribution in [-0.4, -0.2) is 12.3 Å². The molecule has 0 rings (SSSR count). The third kappa shape index (κ3) is 5.15.